The molecule has 184 valence electrons. The van der Waals surface area contributed by atoms with Gasteiger partial charge in [0.2, 0.25) is 17.6 Å². The monoisotopic (exact) mass is 490 g/mol. The molecule has 0 spiro atoms. The van der Waals surface area contributed by atoms with E-state index < -0.39 is 71.8 Å². The average molecular weight is 490 g/mol. The smallest absolute Gasteiger partial charge is 0.326 e. The summed E-state index contributed by atoms with van der Waals surface area (Å²) in [5, 5.41) is 31.0. The van der Waals surface area contributed by atoms with Crippen molar-refractivity contribution in [2.45, 2.75) is 43.8 Å². The molecule has 1 aliphatic rings. The third kappa shape index (κ3) is 9.44. The van der Waals surface area contributed by atoms with Gasteiger partial charge in [0.1, 0.15) is 24.7 Å². The molecule has 1 saturated heterocycles. The number of hydrogen-bond acceptors (Lipinski definition) is 9. The molecule has 1 aliphatic heterocycles. The first-order chi connectivity index (χ1) is 15.4. The van der Waals surface area contributed by atoms with Gasteiger partial charge < -0.3 is 36.6 Å². The lowest BCUT2D eigenvalue weighted by Gasteiger charge is -2.21. The number of nitrogens with zero attached hydrogens (tertiary/aromatic N) is 1. The van der Waals surface area contributed by atoms with Gasteiger partial charge in [-0.1, -0.05) is 0 Å². The molecule has 0 aromatic rings. The number of carboxylic acids is 3. The molecule has 0 aliphatic carbocycles. The zero-order valence-electron chi connectivity index (χ0n) is 17.5. The summed E-state index contributed by atoms with van der Waals surface area (Å²) >= 11 is 0.814. The van der Waals surface area contributed by atoms with Crippen LogP contribution in [0.15, 0.2) is 0 Å². The van der Waals surface area contributed by atoms with Crippen LogP contribution >= 0.6 is 11.8 Å². The zero-order chi connectivity index (χ0) is 25.1. The van der Waals surface area contributed by atoms with Gasteiger partial charge in [-0.05, 0) is 19.3 Å². The summed E-state index contributed by atoms with van der Waals surface area (Å²) in [6.07, 6.45) is 0.173. The first kappa shape index (κ1) is 27.8. The number of carbonyl (C=O) groups is 7. The lowest BCUT2D eigenvalue weighted by molar-refractivity contribution is -0.151. The second kappa shape index (κ2) is 13.4. The molecular formula is C18H26N4O10S. The highest BCUT2D eigenvalue weighted by Gasteiger charge is 2.36. The van der Waals surface area contributed by atoms with Gasteiger partial charge in [0.15, 0.2) is 0 Å². The number of likely N-dealkylation sites (tertiary alicyclic amines) is 1. The van der Waals surface area contributed by atoms with Crippen LogP contribution in [0.5, 0.6) is 0 Å². The van der Waals surface area contributed by atoms with Crippen molar-refractivity contribution >= 4 is 53.2 Å². The van der Waals surface area contributed by atoms with Crippen LogP contribution in [0.25, 0.3) is 0 Å². The van der Waals surface area contributed by atoms with Crippen molar-refractivity contribution in [3.63, 3.8) is 0 Å². The summed E-state index contributed by atoms with van der Waals surface area (Å²) in [5.41, 5.74) is 5.32. The van der Waals surface area contributed by atoms with Gasteiger partial charge in [-0.2, -0.15) is 11.8 Å². The van der Waals surface area contributed by atoms with E-state index in [1.807, 2.05) is 0 Å². The number of amides is 3. The number of nitrogens with one attached hydrogen (secondary N) is 2. The minimum atomic E-state index is -1.33. The van der Waals surface area contributed by atoms with Crippen LogP contribution in [0.3, 0.4) is 0 Å². The van der Waals surface area contributed by atoms with E-state index in [1.165, 1.54) is 0 Å². The van der Waals surface area contributed by atoms with Gasteiger partial charge in [-0.15, -0.1) is 0 Å². The standard InChI is InChI=1S/C18H26N4O10S/c19-9(17(29)30)3-4-13(24)21-10(15(27)20-6-14(25)26)7-33-8-12(23)16(28)22-5-1-2-11(22)18(31)32/h9-11H,1-8,19H2,(H,20,27)(H,21,24)(H,25,26)(H,29,30)(H,31,32). The fourth-order valence-electron chi connectivity index (χ4n) is 2.90. The Kier molecular flexibility index (Phi) is 11.3. The Morgan fingerprint density at radius 2 is 1.76 bits per heavy atom. The van der Waals surface area contributed by atoms with E-state index in [0.29, 0.717) is 6.42 Å². The van der Waals surface area contributed by atoms with Crippen molar-refractivity contribution in [3.05, 3.63) is 0 Å². The minimum Gasteiger partial charge on any atom is -0.480 e. The highest BCUT2D eigenvalue weighted by atomic mass is 32.2. The van der Waals surface area contributed by atoms with Gasteiger partial charge in [-0.25, -0.2) is 4.79 Å². The predicted molar refractivity (Wildman–Crippen MR) is 112 cm³/mol. The van der Waals surface area contributed by atoms with Crippen molar-refractivity contribution < 1.29 is 48.9 Å². The number of nitrogens with two attached hydrogens (primary N) is 1. The molecule has 1 rings (SSSR count). The van der Waals surface area contributed by atoms with Gasteiger partial charge >= 0.3 is 17.9 Å². The molecule has 33 heavy (non-hydrogen) atoms. The lowest BCUT2D eigenvalue weighted by Crippen LogP contribution is -2.49. The number of ketones is 1. The van der Waals surface area contributed by atoms with Crippen LogP contribution < -0.4 is 16.4 Å². The van der Waals surface area contributed by atoms with E-state index >= 15 is 0 Å². The normalized spacial score (nSPS) is 17.0. The summed E-state index contributed by atoms with van der Waals surface area (Å²) in [6, 6.07) is -3.63. The maximum absolute atomic E-state index is 12.3. The summed E-state index contributed by atoms with van der Waals surface area (Å²) in [4.78, 5) is 82.3. The third-order valence-corrected chi connectivity index (χ3v) is 5.66. The summed E-state index contributed by atoms with van der Waals surface area (Å²) in [7, 11) is 0. The molecule has 15 heteroatoms. The molecule has 3 amide bonds. The number of rotatable bonds is 14. The van der Waals surface area contributed by atoms with Crippen LogP contribution in [0.1, 0.15) is 25.7 Å². The Labute approximate surface area is 192 Å². The number of aliphatic carboxylic acids is 3. The maximum atomic E-state index is 12.3. The SMILES string of the molecule is NC(CCC(=O)NC(CSCC(=O)C(=O)N1CCCC1C(=O)O)C(=O)NCC(=O)O)C(=O)O. The molecule has 0 saturated carbocycles. The Morgan fingerprint density at radius 3 is 2.33 bits per heavy atom. The first-order valence-electron chi connectivity index (χ1n) is 9.85. The quantitative estimate of drug-likeness (QED) is 0.136. The van der Waals surface area contributed by atoms with Gasteiger partial charge in [0.25, 0.3) is 5.91 Å². The molecule has 0 aromatic carbocycles. The topological polar surface area (TPSA) is 233 Å². The zero-order valence-corrected chi connectivity index (χ0v) is 18.3. The summed E-state index contributed by atoms with van der Waals surface area (Å²) in [6.45, 7) is -0.580. The number of Topliss-reactive ketones (excluding diaryl/α,β-unsaturated/α-hetero) is 1. The van der Waals surface area contributed by atoms with Crippen molar-refractivity contribution in [1.29, 1.82) is 0 Å². The number of carbonyl (C=O) groups excluding carboxylic acids is 4. The molecule has 7 N–H and O–H groups in total. The Balaban J connectivity index is 2.66. The Morgan fingerprint density at radius 1 is 1.09 bits per heavy atom. The molecule has 3 atom stereocenters. The Hall–Kier alpha value is -3.20. The van der Waals surface area contributed by atoms with E-state index in [0.717, 1.165) is 16.7 Å². The molecular weight excluding hydrogens is 464 g/mol. The van der Waals surface area contributed by atoms with Crippen LogP contribution in [0.4, 0.5) is 0 Å². The molecule has 0 bridgehead atoms. The number of carboxylic acid groups (broad SMARTS) is 3. The average Bonchev–Trinajstić information content (AvgIpc) is 3.24. The van der Waals surface area contributed by atoms with Gasteiger partial charge in [-0.3, -0.25) is 28.8 Å². The van der Waals surface area contributed by atoms with Crippen molar-refractivity contribution in [2.75, 3.05) is 24.6 Å². The first-order valence-corrected chi connectivity index (χ1v) is 11.0. The highest BCUT2D eigenvalue weighted by Crippen LogP contribution is 2.18. The van der Waals surface area contributed by atoms with Crippen LogP contribution in [0, 0.1) is 0 Å². The largest absolute Gasteiger partial charge is 0.480 e. The van der Waals surface area contributed by atoms with E-state index in [9.17, 15) is 33.6 Å². The Bertz CT molecular complexity index is 805. The minimum absolute atomic E-state index is 0.140. The molecule has 0 radical (unpaired) electrons. The second-order valence-electron chi connectivity index (χ2n) is 7.15. The van der Waals surface area contributed by atoms with E-state index in [1.54, 1.807) is 0 Å². The van der Waals surface area contributed by atoms with E-state index in [-0.39, 0.29) is 31.6 Å². The van der Waals surface area contributed by atoms with Crippen LogP contribution in [0.2, 0.25) is 0 Å². The van der Waals surface area contributed by atoms with Gasteiger partial charge in [0.05, 0.1) is 5.75 Å². The summed E-state index contributed by atoms with van der Waals surface area (Å²) < 4.78 is 0. The van der Waals surface area contributed by atoms with E-state index in [2.05, 4.69) is 10.6 Å². The second-order valence-corrected chi connectivity index (χ2v) is 8.18. The van der Waals surface area contributed by atoms with Crippen molar-refractivity contribution in [2.24, 2.45) is 5.73 Å². The summed E-state index contributed by atoms with van der Waals surface area (Å²) in [5.74, 6) is -7.84. The highest BCUT2D eigenvalue weighted by molar-refractivity contribution is 8.00. The van der Waals surface area contributed by atoms with Crippen LogP contribution in [-0.4, -0.2) is 104 Å². The number of thioether (sulfide) groups is 1. The lowest BCUT2D eigenvalue weighted by atomic mass is 10.1. The van der Waals surface area contributed by atoms with Crippen molar-refractivity contribution in [3.8, 4) is 0 Å². The fraction of sp³-hybridized carbons (Fsp3) is 0.611. The molecule has 14 nitrogen and oxygen atoms in total. The van der Waals surface area contributed by atoms with Crippen LogP contribution in [-0.2, 0) is 33.6 Å². The predicted octanol–water partition coefficient (Wildman–Crippen LogP) is -2.76. The molecule has 0 aromatic heterocycles. The molecule has 1 heterocycles. The number of hydrogen-bond donors (Lipinski definition) is 6. The molecule has 3 unspecified atom stereocenters. The molecule has 1 fully saturated rings. The maximum Gasteiger partial charge on any atom is 0.326 e. The third-order valence-electron chi connectivity index (χ3n) is 4.62. The van der Waals surface area contributed by atoms with Crippen molar-refractivity contribution in [1.82, 2.24) is 15.5 Å². The van der Waals surface area contributed by atoms with Gasteiger partial charge in [0, 0.05) is 18.7 Å². The van der Waals surface area contributed by atoms with E-state index in [4.69, 9.17) is 21.1 Å². The fourth-order valence-corrected chi connectivity index (χ4v) is 3.80.